The number of aliphatic hydroxyl groups excluding tert-OH is 1. The molecule has 0 radical (unpaired) electrons. The van der Waals surface area contributed by atoms with Crippen molar-refractivity contribution in [3.8, 4) is 0 Å². The number of rotatable bonds is 8. The number of methoxy groups -OCH3 is 1. The number of hydrogen-bond acceptors (Lipinski definition) is 5. The van der Waals surface area contributed by atoms with Crippen LogP contribution in [0.5, 0.6) is 0 Å². The average Bonchev–Trinajstić information content (AvgIpc) is 2.43. The smallest absolute Gasteiger partial charge is 0.322 e. The average molecular weight is 310 g/mol. The molecule has 0 amide bonds. The highest BCUT2D eigenvalue weighted by molar-refractivity contribution is 7.86. The molecule has 20 heavy (non-hydrogen) atoms. The highest BCUT2D eigenvalue weighted by Crippen LogP contribution is 2.22. The van der Waals surface area contributed by atoms with Crippen molar-refractivity contribution in [1.29, 1.82) is 0 Å². The molecule has 0 spiro atoms. The maximum absolute atomic E-state index is 12.5. The molecule has 0 saturated carbocycles. The van der Waals surface area contributed by atoms with Crippen LogP contribution in [0.1, 0.15) is 19.3 Å². The lowest BCUT2D eigenvalue weighted by molar-refractivity contribution is -0.142. The Labute approximate surface area is 119 Å². The number of hydrogen-bond donors (Lipinski definition) is 2. The summed E-state index contributed by atoms with van der Waals surface area (Å²) in [5, 5.41) is 18.2. The van der Waals surface area contributed by atoms with Crippen LogP contribution in [0.15, 0.2) is 0 Å². The number of piperidine rings is 1. The second-order valence-corrected chi connectivity index (χ2v) is 6.46. The highest BCUT2D eigenvalue weighted by Gasteiger charge is 2.39. The van der Waals surface area contributed by atoms with E-state index in [9.17, 15) is 13.2 Å². The van der Waals surface area contributed by atoms with Crippen molar-refractivity contribution in [2.24, 2.45) is 0 Å². The summed E-state index contributed by atoms with van der Waals surface area (Å²) < 4.78 is 32.0. The normalized spacial score (nSPS) is 21.2. The van der Waals surface area contributed by atoms with E-state index in [4.69, 9.17) is 14.9 Å². The lowest BCUT2D eigenvalue weighted by Gasteiger charge is -2.35. The van der Waals surface area contributed by atoms with E-state index in [1.807, 2.05) is 0 Å². The predicted octanol–water partition coefficient (Wildman–Crippen LogP) is -0.889. The molecular formula is C11H22N2O6S. The van der Waals surface area contributed by atoms with Crippen molar-refractivity contribution in [2.45, 2.75) is 25.3 Å². The molecule has 1 aliphatic rings. The minimum absolute atomic E-state index is 0.0749. The van der Waals surface area contributed by atoms with Crippen molar-refractivity contribution in [1.82, 2.24) is 8.61 Å². The first-order chi connectivity index (χ1) is 9.45. The molecule has 118 valence electrons. The fraction of sp³-hybridized carbons (Fsp3) is 0.909. The van der Waals surface area contributed by atoms with Crippen molar-refractivity contribution in [3.63, 3.8) is 0 Å². The maximum atomic E-state index is 12.5. The van der Waals surface area contributed by atoms with Gasteiger partial charge < -0.3 is 14.9 Å². The van der Waals surface area contributed by atoms with Crippen LogP contribution in [0.2, 0.25) is 0 Å². The zero-order valence-electron chi connectivity index (χ0n) is 11.6. The number of carbonyl (C=O) groups is 1. The summed E-state index contributed by atoms with van der Waals surface area (Å²) in [4.78, 5) is 11.2. The molecule has 0 aromatic rings. The van der Waals surface area contributed by atoms with E-state index < -0.39 is 22.2 Å². The van der Waals surface area contributed by atoms with Crippen molar-refractivity contribution < 1.29 is 28.2 Å². The molecular weight excluding hydrogens is 288 g/mol. The molecule has 1 aliphatic heterocycles. The molecule has 0 aliphatic carbocycles. The van der Waals surface area contributed by atoms with Gasteiger partial charge in [0.25, 0.3) is 10.2 Å². The summed E-state index contributed by atoms with van der Waals surface area (Å²) in [6.45, 7) is 0.0598. The first-order valence-corrected chi connectivity index (χ1v) is 7.94. The Morgan fingerprint density at radius 2 is 2.10 bits per heavy atom. The minimum atomic E-state index is -3.91. The Balaban J connectivity index is 2.93. The molecule has 0 aromatic heterocycles. The Morgan fingerprint density at radius 3 is 2.65 bits per heavy atom. The first kappa shape index (κ1) is 17.3. The van der Waals surface area contributed by atoms with Crippen LogP contribution < -0.4 is 0 Å². The Bertz CT molecular complexity index is 413. The van der Waals surface area contributed by atoms with Crippen molar-refractivity contribution in [2.75, 3.05) is 40.0 Å². The molecule has 1 saturated heterocycles. The van der Waals surface area contributed by atoms with Crippen LogP contribution in [-0.2, 0) is 19.7 Å². The Hall–Kier alpha value is -0.740. The van der Waals surface area contributed by atoms with Gasteiger partial charge in [0.1, 0.15) is 6.04 Å². The Kier molecular flexibility index (Phi) is 6.83. The third-order valence-corrected chi connectivity index (χ3v) is 5.30. The van der Waals surface area contributed by atoms with Gasteiger partial charge in [-0.25, -0.2) is 0 Å². The lowest BCUT2D eigenvalue weighted by atomic mass is 10.1. The van der Waals surface area contributed by atoms with Crippen LogP contribution in [0.25, 0.3) is 0 Å². The third kappa shape index (κ3) is 4.13. The summed E-state index contributed by atoms with van der Waals surface area (Å²) >= 11 is 0. The van der Waals surface area contributed by atoms with Gasteiger partial charge in [0.15, 0.2) is 0 Å². The fourth-order valence-corrected chi connectivity index (χ4v) is 4.01. The van der Waals surface area contributed by atoms with Gasteiger partial charge in [-0.1, -0.05) is 0 Å². The molecule has 9 heteroatoms. The highest BCUT2D eigenvalue weighted by atomic mass is 32.2. The number of ether oxygens (including phenoxy) is 1. The summed E-state index contributed by atoms with van der Waals surface area (Å²) in [5.74, 6) is -1.14. The van der Waals surface area contributed by atoms with Gasteiger partial charge in [-0.15, -0.1) is 0 Å². The number of carboxylic acid groups (broad SMARTS) is 1. The SMILES string of the molecule is COCCN(CCO)S(=O)(=O)N1CCCCC1C(=O)O. The van der Waals surface area contributed by atoms with E-state index >= 15 is 0 Å². The second kappa shape index (κ2) is 7.89. The zero-order valence-corrected chi connectivity index (χ0v) is 12.4. The van der Waals surface area contributed by atoms with Crippen molar-refractivity contribution in [3.05, 3.63) is 0 Å². The van der Waals surface area contributed by atoms with E-state index in [0.29, 0.717) is 19.3 Å². The van der Waals surface area contributed by atoms with Crippen LogP contribution in [0.4, 0.5) is 0 Å². The number of aliphatic hydroxyl groups is 1. The van der Waals surface area contributed by atoms with Crippen molar-refractivity contribution >= 4 is 16.2 Å². The van der Waals surface area contributed by atoms with Crippen LogP contribution in [-0.4, -0.2) is 79.2 Å². The standard InChI is InChI=1S/C11H22N2O6S/c1-19-9-7-12(6-8-14)20(17,18)13-5-3-2-4-10(13)11(15)16/h10,14H,2-9H2,1H3,(H,15,16). The maximum Gasteiger partial charge on any atom is 0.322 e. The fourth-order valence-electron chi connectivity index (χ4n) is 2.22. The number of nitrogens with zero attached hydrogens (tertiary/aromatic N) is 2. The van der Waals surface area contributed by atoms with Gasteiger partial charge in [0.05, 0.1) is 13.2 Å². The molecule has 1 unspecified atom stereocenters. The first-order valence-electron chi connectivity index (χ1n) is 6.54. The van der Waals surface area contributed by atoms with Gasteiger partial charge in [0, 0.05) is 26.7 Å². The summed E-state index contributed by atoms with van der Waals surface area (Å²) in [7, 11) is -2.46. The van der Waals surface area contributed by atoms with Gasteiger partial charge in [-0.3, -0.25) is 4.79 Å². The third-order valence-electron chi connectivity index (χ3n) is 3.26. The molecule has 1 fully saturated rings. The van der Waals surface area contributed by atoms with Crippen LogP contribution >= 0.6 is 0 Å². The van der Waals surface area contributed by atoms with E-state index in [-0.39, 0.29) is 32.8 Å². The molecule has 1 heterocycles. The zero-order chi connectivity index (χ0) is 15.2. The molecule has 8 nitrogen and oxygen atoms in total. The molecule has 1 rings (SSSR count). The molecule has 0 bridgehead atoms. The number of aliphatic carboxylic acids is 1. The lowest BCUT2D eigenvalue weighted by Crippen LogP contribution is -2.54. The second-order valence-electron chi connectivity index (χ2n) is 4.58. The van der Waals surface area contributed by atoms with Crippen LogP contribution in [0.3, 0.4) is 0 Å². The van der Waals surface area contributed by atoms with E-state index in [1.165, 1.54) is 7.11 Å². The van der Waals surface area contributed by atoms with Gasteiger partial charge in [-0.2, -0.15) is 17.0 Å². The van der Waals surface area contributed by atoms with Gasteiger partial charge >= 0.3 is 5.97 Å². The van der Waals surface area contributed by atoms with Gasteiger partial charge in [0.2, 0.25) is 0 Å². The topological polar surface area (TPSA) is 107 Å². The van der Waals surface area contributed by atoms with Gasteiger partial charge in [-0.05, 0) is 19.3 Å². The van der Waals surface area contributed by atoms with E-state index in [1.54, 1.807) is 0 Å². The Morgan fingerprint density at radius 1 is 1.40 bits per heavy atom. The van der Waals surface area contributed by atoms with Crippen LogP contribution in [0, 0.1) is 0 Å². The molecule has 1 atom stereocenters. The number of carboxylic acids is 1. The van der Waals surface area contributed by atoms with E-state index in [0.717, 1.165) is 8.61 Å². The molecule has 2 N–H and O–H groups in total. The predicted molar refractivity (Wildman–Crippen MR) is 71.4 cm³/mol. The molecule has 0 aromatic carbocycles. The monoisotopic (exact) mass is 310 g/mol. The van der Waals surface area contributed by atoms with E-state index in [2.05, 4.69) is 0 Å². The minimum Gasteiger partial charge on any atom is -0.480 e. The largest absolute Gasteiger partial charge is 0.480 e. The quantitative estimate of drug-likeness (QED) is 0.602. The summed E-state index contributed by atoms with van der Waals surface area (Å²) in [5.41, 5.74) is 0. The summed E-state index contributed by atoms with van der Waals surface area (Å²) in [6, 6.07) is -1.03. The summed E-state index contributed by atoms with van der Waals surface area (Å²) in [6.07, 6.45) is 1.65.